The average Bonchev–Trinajstić information content (AvgIpc) is 2.01. The third-order valence-corrected chi connectivity index (χ3v) is 2.87. The van der Waals surface area contributed by atoms with Gasteiger partial charge in [-0.15, -0.1) is 0 Å². The Morgan fingerprint density at radius 2 is 2.07 bits per heavy atom. The topological polar surface area (TPSA) is 59.1 Å². The van der Waals surface area contributed by atoms with Crippen LogP contribution in [-0.4, -0.2) is 15.6 Å². The van der Waals surface area contributed by atoms with Crippen LogP contribution in [0.4, 0.5) is 0 Å². The van der Waals surface area contributed by atoms with Crippen LogP contribution in [0.2, 0.25) is 0 Å². The first kappa shape index (κ1) is 12.1. The Morgan fingerprint density at radius 3 is 2.50 bits per heavy atom. The fourth-order valence-electron chi connectivity index (χ4n) is 0.979. The zero-order chi connectivity index (χ0) is 10.9. The Bertz CT molecular complexity index is 336. The number of aliphatic hydroxyl groups excluding tert-OH is 1. The molecule has 1 atom stereocenters. The van der Waals surface area contributed by atoms with Gasteiger partial charge in [-0.3, -0.25) is 4.98 Å². The molecule has 14 heavy (non-hydrogen) atoms. The summed E-state index contributed by atoms with van der Waals surface area (Å²) in [5, 5.41) is 9.90. The van der Waals surface area contributed by atoms with Gasteiger partial charge in [0.1, 0.15) is 6.10 Å². The molecule has 0 fully saturated rings. The van der Waals surface area contributed by atoms with Gasteiger partial charge >= 0.3 is 0 Å². The minimum absolute atomic E-state index is 0.556. The van der Waals surface area contributed by atoms with Gasteiger partial charge in [-0.25, -0.2) is 0 Å². The van der Waals surface area contributed by atoms with Crippen molar-refractivity contribution in [2.45, 2.75) is 25.5 Å². The van der Waals surface area contributed by atoms with E-state index in [-0.39, 0.29) is 0 Å². The summed E-state index contributed by atoms with van der Waals surface area (Å²) in [5.41, 5.74) is 5.65. The van der Waals surface area contributed by atoms with Crippen LogP contribution in [-0.2, 0) is 0 Å². The molecule has 3 nitrogen and oxygen atoms in total. The van der Waals surface area contributed by atoms with Gasteiger partial charge in [0, 0.05) is 20.7 Å². The van der Waals surface area contributed by atoms with Crippen molar-refractivity contribution < 1.29 is 5.11 Å². The van der Waals surface area contributed by atoms with E-state index in [4.69, 9.17) is 5.73 Å². The summed E-state index contributed by atoms with van der Waals surface area (Å²) in [6.45, 7) is 3.52. The van der Waals surface area contributed by atoms with Crippen molar-refractivity contribution in [2.24, 2.45) is 5.73 Å². The molecular formula is C9H12Br2N2O. The minimum Gasteiger partial charge on any atom is -0.385 e. The number of hydrogen-bond acceptors (Lipinski definition) is 3. The summed E-state index contributed by atoms with van der Waals surface area (Å²) in [6, 6.07) is 1.83. The Balaban J connectivity index is 3.08. The van der Waals surface area contributed by atoms with Crippen LogP contribution in [0.5, 0.6) is 0 Å². The molecule has 0 saturated heterocycles. The lowest BCUT2D eigenvalue weighted by Gasteiger charge is -2.25. The van der Waals surface area contributed by atoms with Crippen molar-refractivity contribution >= 4 is 31.9 Å². The standard InChI is InChI=1S/C9H12Br2N2O/c1-9(2,12)8(14)7-6(11)3-5(10)4-13-7/h3-4,8,14H,12H2,1-2H3. The lowest BCUT2D eigenvalue weighted by molar-refractivity contribution is 0.0996. The number of nitrogens with zero attached hydrogens (tertiary/aromatic N) is 1. The summed E-state index contributed by atoms with van der Waals surface area (Å²) in [6.07, 6.45) is 0.847. The first-order valence-electron chi connectivity index (χ1n) is 4.10. The minimum atomic E-state index is -0.787. The molecule has 0 aromatic carbocycles. The molecule has 1 unspecified atom stereocenters. The van der Waals surface area contributed by atoms with Crippen LogP contribution >= 0.6 is 31.9 Å². The lowest BCUT2D eigenvalue weighted by atomic mass is 9.96. The van der Waals surface area contributed by atoms with Crippen LogP contribution in [0.3, 0.4) is 0 Å². The summed E-state index contributed by atoms with van der Waals surface area (Å²) in [4.78, 5) is 4.12. The summed E-state index contributed by atoms with van der Waals surface area (Å²) in [7, 11) is 0. The maximum absolute atomic E-state index is 9.90. The van der Waals surface area contributed by atoms with Crippen LogP contribution in [0, 0.1) is 0 Å². The zero-order valence-electron chi connectivity index (χ0n) is 7.96. The summed E-state index contributed by atoms with van der Waals surface area (Å²) in [5.74, 6) is 0. The van der Waals surface area contributed by atoms with Gasteiger partial charge < -0.3 is 10.8 Å². The number of nitrogens with two attached hydrogens (primary N) is 1. The van der Waals surface area contributed by atoms with E-state index in [1.165, 1.54) is 0 Å². The first-order valence-corrected chi connectivity index (χ1v) is 5.69. The monoisotopic (exact) mass is 322 g/mol. The number of pyridine rings is 1. The average molecular weight is 324 g/mol. The lowest BCUT2D eigenvalue weighted by Crippen LogP contribution is -2.39. The molecule has 0 saturated carbocycles. The molecule has 1 heterocycles. The smallest absolute Gasteiger partial charge is 0.114 e. The maximum atomic E-state index is 9.90. The van der Waals surface area contributed by atoms with Gasteiger partial charge in [-0.1, -0.05) is 0 Å². The molecule has 0 aliphatic carbocycles. The van der Waals surface area contributed by atoms with E-state index in [0.29, 0.717) is 5.69 Å². The molecular weight excluding hydrogens is 312 g/mol. The molecule has 0 amide bonds. The second kappa shape index (κ2) is 4.26. The molecule has 1 aromatic heterocycles. The highest BCUT2D eigenvalue weighted by molar-refractivity contribution is 9.11. The molecule has 5 heteroatoms. The van der Waals surface area contributed by atoms with E-state index in [0.717, 1.165) is 8.95 Å². The van der Waals surface area contributed by atoms with Crippen molar-refractivity contribution in [3.8, 4) is 0 Å². The first-order chi connectivity index (χ1) is 6.32. The molecule has 1 rings (SSSR count). The van der Waals surface area contributed by atoms with E-state index in [9.17, 15) is 5.11 Å². The van der Waals surface area contributed by atoms with Crippen molar-refractivity contribution in [3.05, 3.63) is 26.9 Å². The SMILES string of the molecule is CC(C)(N)C(O)c1ncc(Br)cc1Br. The Labute approximate surface area is 100.0 Å². The van der Waals surface area contributed by atoms with E-state index in [2.05, 4.69) is 36.8 Å². The number of aliphatic hydroxyl groups is 1. The van der Waals surface area contributed by atoms with E-state index < -0.39 is 11.6 Å². The Hall–Kier alpha value is 0.0300. The third-order valence-electron chi connectivity index (χ3n) is 1.80. The number of halogens is 2. The molecule has 1 aromatic rings. The van der Waals surface area contributed by atoms with Crippen LogP contribution in [0.15, 0.2) is 21.2 Å². The highest BCUT2D eigenvalue weighted by Crippen LogP contribution is 2.29. The van der Waals surface area contributed by atoms with Crippen LogP contribution in [0.25, 0.3) is 0 Å². The van der Waals surface area contributed by atoms with E-state index >= 15 is 0 Å². The zero-order valence-corrected chi connectivity index (χ0v) is 11.1. The van der Waals surface area contributed by atoms with Gasteiger partial charge in [-0.2, -0.15) is 0 Å². The summed E-state index contributed by atoms with van der Waals surface area (Å²) >= 11 is 6.62. The predicted octanol–water partition coefficient (Wildman–Crippen LogP) is 2.38. The van der Waals surface area contributed by atoms with Crippen LogP contribution in [0.1, 0.15) is 25.6 Å². The van der Waals surface area contributed by atoms with E-state index in [1.807, 2.05) is 6.07 Å². The molecule has 0 bridgehead atoms. The molecule has 3 N–H and O–H groups in total. The largest absolute Gasteiger partial charge is 0.385 e. The van der Waals surface area contributed by atoms with E-state index in [1.54, 1.807) is 20.0 Å². The normalized spacial score (nSPS) is 14.1. The van der Waals surface area contributed by atoms with Gasteiger partial charge in [0.2, 0.25) is 0 Å². The van der Waals surface area contributed by atoms with Crippen LogP contribution < -0.4 is 5.73 Å². The fourth-order valence-corrected chi connectivity index (χ4v) is 2.18. The maximum Gasteiger partial charge on any atom is 0.114 e. The number of hydrogen-bond donors (Lipinski definition) is 2. The number of aromatic nitrogens is 1. The molecule has 78 valence electrons. The second-order valence-corrected chi connectivity index (χ2v) is 5.51. The van der Waals surface area contributed by atoms with Crippen molar-refractivity contribution in [2.75, 3.05) is 0 Å². The van der Waals surface area contributed by atoms with Gasteiger partial charge in [0.15, 0.2) is 0 Å². The summed E-state index contributed by atoms with van der Waals surface area (Å²) < 4.78 is 1.60. The fraction of sp³-hybridized carbons (Fsp3) is 0.444. The second-order valence-electron chi connectivity index (χ2n) is 3.74. The Morgan fingerprint density at radius 1 is 1.50 bits per heavy atom. The van der Waals surface area contributed by atoms with Crippen molar-refractivity contribution in [1.82, 2.24) is 4.98 Å². The molecule has 0 aliphatic heterocycles. The van der Waals surface area contributed by atoms with Crippen molar-refractivity contribution in [3.63, 3.8) is 0 Å². The predicted molar refractivity (Wildman–Crippen MR) is 62.9 cm³/mol. The quantitative estimate of drug-likeness (QED) is 0.878. The highest BCUT2D eigenvalue weighted by Gasteiger charge is 2.27. The molecule has 0 aliphatic rings. The van der Waals surface area contributed by atoms with Gasteiger partial charge in [-0.05, 0) is 51.8 Å². The highest BCUT2D eigenvalue weighted by atomic mass is 79.9. The van der Waals surface area contributed by atoms with Crippen molar-refractivity contribution in [1.29, 1.82) is 0 Å². The molecule has 0 radical (unpaired) electrons. The third kappa shape index (κ3) is 2.76. The number of rotatable bonds is 2. The van der Waals surface area contributed by atoms with Gasteiger partial charge in [0.25, 0.3) is 0 Å². The Kier molecular flexibility index (Phi) is 3.69. The van der Waals surface area contributed by atoms with Gasteiger partial charge in [0.05, 0.1) is 5.69 Å². The molecule has 0 spiro atoms.